The Morgan fingerprint density at radius 2 is 0.895 bits per heavy atom. The molecule has 16 rings (SSSR count). The average molecular weight is 1740 g/mol. The molecule has 25 heteroatoms. The lowest BCUT2D eigenvalue weighted by Gasteiger charge is -2.09. The summed E-state index contributed by atoms with van der Waals surface area (Å²) in [6.45, 7) is 7.96. The van der Waals surface area contributed by atoms with Crippen LogP contribution >= 0.6 is 15.9 Å². The van der Waals surface area contributed by atoms with Gasteiger partial charge < -0.3 is 57.9 Å². The molecule has 0 fully saturated rings. The van der Waals surface area contributed by atoms with Gasteiger partial charge in [0.1, 0.15) is 71.4 Å². The molecule has 0 saturated heterocycles. The smallest absolute Gasteiger partial charge is 0.382 e. The number of carboxylic acids is 1. The second-order valence-corrected chi connectivity index (χ2v) is 26.9. The summed E-state index contributed by atoms with van der Waals surface area (Å²) in [6, 6.07) is 94.1. The molecule has 2 unspecified atom stereocenters. The number of hydrogen-bond donors (Lipinski definition) is 3. The average Bonchev–Trinajstić information content (AvgIpc) is 1.63. The molecule has 124 heavy (non-hydrogen) atoms. The van der Waals surface area contributed by atoms with Crippen LogP contribution in [0.25, 0.3) is 55.9 Å². The number of carbonyl (C=O) groups is 5. The number of nitrogens with zero attached hydrogens (tertiary/aromatic N) is 5. The first-order chi connectivity index (χ1) is 59.3. The Morgan fingerprint density at radius 3 is 1.34 bits per heavy atom. The maximum atomic E-state index is 12.1. The third-order valence-corrected chi connectivity index (χ3v) is 17.9. The number of halogens is 1. The van der Waals surface area contributed by atoms with E-state index < -0.39 is 46.4 Å². The van der Waals surface area contributed by atoms with E-state index in [-0.39, 0.29) is 40.5 Å². The molecule has 0 amide bonds. The molecule has 4 N–H and O–H groups in total. The number of carbonyl (C=O) groups excluding carboxylic acids is 4. The number of aromatic nitrogens is 3. The van der Waals surface area contributed by atoms with E-state index in [1.54, 1.807) is 20.8 Å². The first-order valence-corrected chi connectivity index (χ1v) is 39.2. The molecule has 1 aliphatic carbocycles. The van der Waals surface area contributed by atoms with E-state index in [0.29, 0.717) is 30.1 Å². The van der Waals surface area contributed by atoms with Gasteiger partial charge in [0.2, 0.25) is 0 Å². The van der Waals surface area contributed by atoms with Crippen molar-refractivity contribution in [1.82, 2.24) is 13.7 Å². The minimum Gasteiger partial charge on any atom is -0.481 e. The van der Waals surface area contributed by atoms with Crippen molar-refractivity contribution < 1.29 is 72.1 Å². The molecule has 2 atom stereocenters. The molecular weight excluding hydrogens is 1640 g/mol. The summed E-state index contributed by atoms with van der Waals surface area (Å²) >= 11 is 3.38. The number of para-hydroxylation sites is 8. The van der Waals surface area contributed by atoms with E-state index in [1.165, 1.54) is 16.5 Å². The molecule has 0 bridgehead atoms. The molecule has 14 aromatic rings. The highest BCUT2D eigenvalue weighted by molar-refractivity contribution is 9.10. The van der Waals surface area contributed by atoms with Gasteiger partial charge in [0, 0.05) is 85.9 Å². The number of carboxylic acid groups (broad SMARTS) is 1. The standard InChI is InChI=1S/C25H22N2O5.C25H24N2O3.C20H14NO.C12H9BrO.C8H6N.C4H7NO4.C2H4O2.CH2O.2CH4/c1-2-31-25(28)24(27(29)30)16-18-17-26(23-11-7-6-10-22(18)23)19-12-14-21(15-13-19)32-20-8-4-3-5-9-20;1-2-29-25(28)23(26)16-18-17-27(24-11-7-6-10-22(18)24)19-12-14-21(15-13-19)30-20-8-4-3-5-9-20;1-2-7-18(8-3-1)22-19-12-10-17(11-13-19)21-15-14-16-6-4-5-9-20(16)21;13-10-6-8-12(9-7-10)14-11-4-2-1-3-5-11;1-2-4-8-7(3-1)5-6-9-8;1-2-9-4(6)3-5(7)8;1-2(3)4;1-2;;/h3-15,17,24H,2,16H2,1H3;3-15,17,23H,2,16,26H2,1H3;1-12,14-15H;1-9H;1-5,9H;2-3H2,1H3;1H3,(H,3,4);1H2;2*1H4/q;;+1;;+1;;;;;. The van der Waals surface area contributed by atoms with Crippen molar-refractivity contribution >= 4 is 96.8 Å². The predicted octanol–water partition coefficient (Wildman–Crippen LogP) is 22.0. The number of nitro groups is 2. The van der Waals surface area contributed by atoms with Crippen LogP contribution < -0.4 is 30.0 Å². The van der Waals surface area contributed by atoms with Gasteiger partial charge in [0.15, 0.2) is 16.9 Å². The number of rotatable bonds is 23. The normalized spacial score (nSPS) is 11.1. The molecule has 11 aromatic carbocycles. The monoisotopic (exact) mass is 1730 g/mol. The highest BCUT2D eigenvalue weighted by Gasteiger charge is 2.33. The summed E-state index contributed by atoms with van der Waals surface area (Å²) in [4.78, 5) is 71.1. The van der Waals surface area contributed by atoms with Crippen molar-refractivity contribution in [3.8, 4) is 51.6 Å². The van der Waals surface area contributed by atoms with Crippen LogP contribution in [-0.2, 0) is 51.0 Å². The second kappa shape index (κ2) is 50.5. The molecule has 24 nitrogen and oxygen atoms in total. The molecular formula is C99H96BrN7O17+2. The van der Waals surface area contributed by atoms with Gasteiger partial charge >= 0.3 is 23.9 Å². The van der Waals surface area contributed by atoms with Crippen molar-refractivity contribution in [3.05, 3.63) is 393 Å². The molecule has 2 aliphatic rings. The van der Waals surface area contributed by atoms with Crippen LogP contribution in [0.4, 0.5) is 5.69 Å². The van der Waals surface area contributed by atoms with Gasteiger partial charge in [0.25, 0.3) is 18.3 Å². The number of benzene rings is 11. The Bertz CT molecular complexity index is 5840. The van der Waals surface area contributed by atoms with Crippen LogP contribution in [-0.4, -0.2) is 97.8 Å². The number of ether oxygens (including phenoxy) is 7. The Labute approximate surface area is 728 Å². The number of fused-ring (bicyclic) bond motifs is 4. The van der Waals surface area contributed by atoms with Gasteiger partial charge in [-0.05, 0) is 190 Å². The van der Waals surface area contributed by atoms with E-state index >= 15 is 0 Å². The zero-order valence-corrected chi connectivity index (χ0v) is 68.7. The third-order valence-electron chi connectivity index (χ3n) is 17.4. The van der Waals surface area contributed by atoms with Gasteiger partial charge in [-0.25, -0.2) is 9.59 Å². The third kappa shape index (κ3) is 29.5. The van der Waals surface area contributed by atoms with E-state index in [4.69, 9.17) is 48.9 Å². The summed E-state index contributed by atoms with van der Waals surface area (Å²) < 4.78 is 44.6. The Hall–Kier alpha value is -15.4. The fraction of sp³-hybridized carbons (Fsp3) is 0.141. The Balaban J connectivity index is 0.000000212. The lowest BCUT2D eigenvalue weighted by atomic mass is 10.1. The first kappa shape index (κ1) is 95.7. The molecule has 1 aliphatic heterocycles. The summed E-state index contributed by atoms with van der Waals surface area (Å²) in [6.07, 6.45) is 20.3. The molecule has 4 heterocycles. The van der Waals surface area contributed by atoms with Crippen LogP contribution in [0.15, 0.2) is 344 Å². The maximum Gasteiger partial charge on any atom is 0.382 e. The number of allylic oxidation sites excluding steroid dienone is 5. The fourth-order valence-corrected chi connectivity index (χ4v) is 12.3. The SMILES string of the molecule is Brc1ccc(Oc2ccccc2)cc1.C.C.C=O.CC(=O)O.CCOC(=O)C(Cc1cn(-c2ccc(Oc3ccccc3)cc2)c2ccccc12)[N+](=O)[O-].CCOC(=O)C(N)Cc1cn(-c2ccc(Oc3ccccc3)cc2)c2ccccc12.CCOC(=O)C[N+](=O)[O-].[C+]1=C(Oc2ccccc2)C=CC(n2ccc3ccccc32)=C1.[C+]1=Cc2ccccc2N1. The Morgan fingerprint density at radius 1 is 0.492 bits per heavy atom. The van der Waals surface area contributed by atoms with Gasteiger partial charge in [0.05, 0.1) is 61.0 Å². The second-order valence-electron chi connectivity index (χ2n) is 26.0. The zero-order valence-electron chi connectivity index (χ0n) is 67.1. The molecule has 0 radical (unpaired) electrons. The fourth-order valence-electron chi connectivity index (χ4n) is 12.0. The van der Waals surface area contributed by atoms with Crippen molar-refractivity contribution in [2.24, 2.45) is 5.73 Å². The van der Waals surface area contributed by atoms with Crippen molar-refractivity contribution in [3.63, 3.8) is 0 Å². The molecule has 3 aromatic heterocycles. The van der Waals surface area contributed by atoms with Crippen LogP contribution in [0.1, 0.15) is 59.2 Å². The van der Waals surface area contributed by atoms with Gasteiger partial charge in [-0.2, -0.15) is 5.32 Å². The van der Waals surface area contributed by atoms with Crippen molar-refractivity contribution in [2.45, 2.75) is 67.5 Å². The predicted molar refractivity (Wildman–Crippen MR) is 489 cm³/mol. The van der Waals surface area contributed by atoms with E-state index in [9.17, 15) is 34.6 Å². The van der Waals surface area contributed by atoms with Crippen LogP contribution in [0.5, 0.6) is 40.2 Å². The highest BCUT2D eigenvalue weighted by Crippen LogP contribution is 2.33. The van der Waals surface area contributed by atoms with E-state index in [0.717, 1.165) is 96.0 Å². The lowest BCUT2D eigenvalue weighted by Crippen LogP contribution is -2.34. The zero-order chi connectivity index (χ0) is 87.0. The largest absolute Gasteiger partial charge is 0.481 e. The molecule has 0 saturated carbocycles. The number of hydrogen-bond acceptors (Lipinski definition) is 18. The highest BCUT2D eigenvalue weighted by atomic mass is 79.9. The molecule has 0 spiro atoms. The van der Waals surface area contributed by atoms with Crippen LogP contribution in [0, 0.1) is 32.5 Å². The minimum absolute atomic E-state index is 0. The minimum atomic E-state index is -1.45. The Kier molecular flexibility index (Phi) is 39.0. The van der Waals surface area contributed by atoms with E-state index in [2.05, 4.69) is 96.1 Å². The number of aliphatic carboxylic acids is 1. The van der Waals surface area contributed by atoms with Crippen molar-refractivity contribution in [2.75, 3.05) is 31.7 Å². The summed E-state index contributed by atoms with van der Waals surface area (Å²) in [5.41, 5.74) is 16.2. The number of nitrogens with one attached hydrogen (secondary N) is 1. The van der Waals surface area contributed by atoms with Gasteiger partial charge in [-0.3, -0.25) is 34.4 Å². The van der Waals surface area contributed by atoms with Gasteiger partial charge in [-0.15, -0.1) is 0 Å². The summed E-state index contributed by atoms with van der Waals surface area (Å²) in [5, 5.41) is 34.7. The first-order valence-electron chi connectivity index (χ1n) is 38.4. The molecule has 634 valence electrons. The number of esters is 3. The van der Waals surface area contributed by atoms with Crippen LogP contribution in [0.2, 0.25) is 0 Å². The van der Waals surface area contributed by atoms with E-state index in [1.807, 2.05) is 303 Å². The number of nitrogens with two attached hydrogens (primary N) is 1. The van der Waals surface area contributed by atoms with Gasteiger partial charge in [-0.1, -0.05) is 158 Å². The quantitative estimate of drug-likeness (QED) is 0.0176. The van der Waals surface area contributed by atoms with Crippen LogP contribution in [0.3, 0.4) is 0 Å². The lowest BCUT2D eigenvalue weighted by molar-refractivity contribution is -0.510. The maximum absolute atomic E-state index is 12.1. The summed E-state index contributed by atoms with van der Waals surface area (Å²) in [7, 11) is 0. The topological polar surface area (TPSA) is 309 Å². The summed E-state index contributed by atoms with van der Waals surface area (Å²) in [5.74, 6) is 3.43. The van der Waals surface area contributed by atoms with Crippen molar-refractivity contribution in [1.29, 1.82) is 0 Å². The number of anilines is 1.